The quantitative estimate of drug-likeness (QED) is 0.489. The van der Waals surface area contributed by atoms with Gasteiger partial charge in [-0.1, -0.05) is 29.4 Å². The van der Waals surface area contributed by atoms with E-state index in [1.54, 1.807) is 43.5 Å². The van der Waals surface area contributed by atoms with Crippen LogP contribution in [0, 0.1) is 18.2 Å². The largest absolute Gasteiger partial charge is 0.493 e. The third-order valence-corrected chi connectivity index (χ3v) is 4.98. The molecule has 0 N–H and O–H groups in total. The molecule has 1 heterocycles. The van der Waals surface area contributed by atoms with Crippen molar-refractivity contribution in [2.45, 2.75) is 6.54 Å². The Bertz CT molecular complexity index is 1170. The molecule has 0 fully saturated rings. The third-order valence-electron chi connectivity index (χ3n) is 3.93. The number of halogens is 1. The van der Waals surface area contributed by atoms with Crippen molar-refractivity contribution in [3.63, 3.8) is 0 Å². The van der Waals surface area contributed by atoms with E-state index >= 15 is 0 Å². The summed E-state index contributed by atoms with van der Waals surface area (Å²) in [7, 11) is 3.09. The van der Waals surface area contributed by atoms with Crippen LogP contribution in [-0.4, -0.2) is 24.7 Å². The third kappa shape index (κ3) is 3.97. The lowest BCUT2D eigenvalue weighted by Crippen LogP contribution is -2.16. The van der Waals surface area contributed by atoms with Gasteiger partial charge in [-0.05, 0) is 35.9 Å². The summed E-state index contributed by atoms with van der Waals surface area (Å²) in [6.07, 6.45) is 8.35. The summed E-state index contributed by atoms with van der Waals surface area (Å²) in [6.45, 7) is 0.117. The molecule has 0 spiro atoms. The number of terminal acetylenes is 1. The summed E-state index contributed by atoms with van der Waals surface area (Å²) < 4.78 is 26.8. The van der Waals surface area contributed by atoms with E-state index in [1.807, 2.05) is 0 Å². The number of carbonyl (C=O) groups is 1. The molecule has 0 saturated heterocycles. The first-order valence-electron chi connectivity index (χ1n) is 8.27. The maximum atomic E-state index is 14.2. The number of rotatable bonds is 5. The second-order valence-corrected chi connectivity index (χ2v) is 6.67. The molecule has 0 aliphatic rings. The first-order chi connectivity index (χ1) is 13.6. The number of amides is 1. The van der Waals surface area contributed by atoms with E-state index in [9.17, 15) is 9.18 Å². The molecule has 28 heavy (non-hydrogen) atoms. The number of para-hydroxylation sites is 1. The number of nitrogens with zero attached hydrogens (tertiary/aromatic N) is 2. The minimum atomic E-state index is -0.479. The van der Waals surface area contributed by atoms with Gasteiger partial charge in [0.1, 0.15) is 5.82 Å². The number of carbonyl (C=O) groups excluding carboxylic acids is 1. The van der Waals surface area contributed by atoms with Crippen LogP contribution in [0.15, 0.2) is 47.5 Å². The highest BCUT2D eigenvalue weighted by Crippen LogP contribution is 2.28. The number of benzene rings is 2. The average Bonchev–Trinajstić information content (AvgIpc) is 3.04. The van der Waals surface area contributed by atoms with Crippen LogP contribution in [0.3, 0.4) is 0 Å². The van der Waals surface area contributed by atoms with Gasteiger partial charge in [-0.15, -0.1) is 6.42 Å². The summed E-state index contributed by atoms with van der Waals surface area (Å²) in [5, 5.41) is 0. The number of ether oxygens (including phenoxy) is 2. The molecule has 142 valence electrons. The van der Waals surface area contributed by atoms with Crippen molar-refractivity contribution in [3.05, 3.63) is 58.7 Å². The van der Waals surface area contributed by atoms with E-state index in [0.29, 0.717) is 26.5 Å². The van der Waals surface area contributed by atoms with E-state index < -0.39 is 11.7 Å². The fourth-order valence-corrected chi connectivity index (χ4v) is 3.71. The van der Waals surface area contributed by atoms with Crippen molar-refractivity contribution in [2.24, 2.45) is 4.99 Å². The molecular formula is C21H17FN2O3S. The number of thiazole rings is 1. The SMILES string of the molecule is C#CCn1c(=NC(=O)/C=C\c2ccc(OC)c(OC)c2)sc2cccc(F)c21. The van der Waals surface area contributed by atoms with Gasteiger partial charge in [0.2, 0.25) is 0 Å². The van der Waals surface area contributed by atoms with Crippen LogP contribution in [0.25, 0.3) is 16.3 Å². The lowest BCUT2D eigenvalue weighted by Gasteiger charge is -2.07. The molecule has 0 unspecified atom stereocenters. The van der Waals surface area contributed by atoms with Gasteiger partial charge in [-0.3, -0.25) is 4.79 Å². The average molecular weight is 396 g/mol. The number of fused-ring (bicyclic) bond motifs is 1. The van der Waals surface area contributed by atoms with E-state index in [4.69, 9.17) is 15.9 Å². The van der Waals surface area contributed by atoms with Gasteiger partial charge in [0.15, 0.2) is 16.3 Å². The monoisotopic (exact) mass is 396 g/mol. The second-order valence-electron chi connectivity index (χ2n) is 5.66. The van der Waals surface area contributed by atoms with Crippen LogP contribution in [-0.2, 0) is 11.3 Å². The predicted molar refractivity (Wildman–Crippen MR) is 108 cm³/mol. The highest BCUT2D eigenvalue weighted by atomic mass is 32.1. The molecule has 0 atom stereocenters. The Labute approximate surface area is 165 Å². The zero-order chi connectivity index (χ0) is 20.1. The minimum Gasteiger partial charge on any atom is -0.493 e. The summed E-state index contributed by atoms with van der Waals surface area (Å²) in [4.78, 5) is 16.8. The maximum Gasteiger partial charge on any atom is 0.272 e. The molecule has 0 saturated carbocycles. The van der Waals surface area contributed by atoms with Crippen LogP contribution in [0.2, 0.25) is 0 Å². The van der Waals surface area contributed by atoms with Crippen LogP contribution < -0.4 is 14.3 Å². The standard InChI is InChI=1S/C21H17FN2O3S/c1-4-12-24-20-15(22)6-5-7-18(20)28-21(24)23-19(25)11-9-14-8-10-16(26-2)17(13-14)27-3/h1,5-11,13H,12H2,2-3H3/b11-9-,23-21?. The first kappa shape index (κ1) is 19.4. The fourth-order valence-electron chi connectivity index (χ4n) is 2.67. The van der Waals surface area contributed by atoms with Gasteiger partial charge in [0.05, 0.1) is 31.0 Å². The Morgan fingerprint density at radius 1 is 1.29 bits per heavy atom. The second kappa shape index (κ2) is 8.55. The number of hydrogen-bond acceptors (Lipinski definition) is 4. The lowest BCUT2D eigenvalue weighted by molar-refractivity contribution is -0.113. The van der Waals surface area contributed by atoms with Gasteiger partial charge in [-0.2, -0.15) is 4.99 Å². The van der Waals surface area contributed by atoms with E-state index in [2.05, 4.69) is 10.9 Å². The van der Waals surface area contributed by atoms with E-state index in [-0.39, 0.29) is 6.54 Å². The van der Waals surface area contributed by atoms with Crippen molar-refractivity contribution in [3.8, 4) is 23.8 Å². The molecule has 5 nitrogen and oxygen atoms in total. The molecule has 0 bridgehead atoms. The van der Waals surface area contributed by atoms with Crippen LogP contribution in [0.4, 0.5) is 4.39 Å². The van der Waals surface area contributed by atoms with Crippen LogP contribution in [0.5, 0.6) is 11.5 Å². The maximum absolute atomic E-state index is 14.2. The Balaban J connectivity index is 1.95. The fraction of sp³-hybridized carbons (Fsp3) is 0.143. The van der Waals surface area contributed by atoms with E-state index in [1.165, 1.54) is 35.2 Å². The van der Waals surface area contributed by atoms with Crippen molar-refractivity contribution < 1.29 is 18.7 Å². The van der Waals surface area contributed by atoms with Crippen molar-refractivity contribution in [1.29, 1.82) is 0 Å². The molecule has 1 aromatic heterocycles. The number of methoxy groups -OCH3 is 2. The Hall–Kier alpha value is -3.37. The van der Waals surface area contributed by atoms with Crippen molar-refractivity contribution >= 4 is 33.5 Å². The zero-order valence-corrected chi connectivity index (χ0v) is 16.1. The lowest BCUT2D eigenvalue weighted by atomic mass is 10.2. The molecule has 2 aromatic carbocycles. The first-order valence-corrected chi connectivity index (χ1v) is 9.09. The molecule has 1 amide bonds. The molecule has 3 aromatic rings. The highest BCUT2D eigenvalue weighted by molar-refractivity contribution is 7.16. The predicted octanol–water partition coefficient (Wildman–Crippen LogP) is 3.63. The zero-order valence-electron chi connectivity index (χ0n) is 15.3. The summed E-state index contributed by atoms with van der Waals surface area (Å²) in [5.74, 6) is 2.74. The molecule has 0 aliphatic carbocycles. The van der Waals surface area contributed by atoms with Gasteiger partial charge < -0.3 is 14.0 Å². The molecule has 7 heteroatoms. The molecule has 3 rings (SSSR count). The van der Waals surface area contributed by atoms with Gasteiger partial charge in [-0.25, -0.2) is 4.39 Å². The smallest absolute Gasteiger partial charge is 0.272 e. The number of hydrogen-bond donors (Lipinski definition) is 0. The van der Waals surface area contributed by atoms with Gasteiger partial charge in [0, 0.05) is 6.08 Å². The topological polar surface area (TPSA) is 52.8 Å². The highest BCUT2D eigenvalue weighted by Gasteiger charge is 2.10. The normalized spacial score (nSPS) is 11.7. The molecule has 0 aliphatic heterocycles. The Morgan fingerprint density at radius 2 is 2.07 bits per heavy atom. The van der Waals surface area contributed by atoms with Crippen LogP contribution >= 0.6 is 11.3 Å². The van der Waals surface area contributed by atoms with Gasteiger partial charge in [0.25, 0.3) is 5.91 Å². The van der Waals surface area contributed by atoms with Gasteiger partial charge >= 0.3 is 0 Å². The summed E-state index contributed by atoms with van der Waals surface area (Å²) in [5.41, 5.74) is 1.10. The Kier molecular flexibility index (Phi) is 5.92. The summed E-state index contributed by atoms with van der Waals surface area (Å²) in [6, 6.07) is 10.0. The van der Waals surface area contributed by atoms with E-state index in [0.717, 1.165) is 5.56 Å². The van der Waals surface area contributed by atoms with Crippen LogP contribution in [0.1, 0.15) is 5.56 Å². The number of aromatic nitrogens is 1. The Morgan fingerprint density at radius 3 is 2.79 bits per heavy atom. The molecular weight excluding hydrogens is 379 g/mol. The minimum absolute atomic E-state index is 0.117. The molecule has 0 radical (unpaired) electrons. The van der Waals surface area contributed by atoms with Crippen molar-refractivity contribution in [2.75, 3.05) is 14.2 Å². The summed E-state index contributed by atoms with van der Waals surface area (Å²) >= 11 is 1.21. The van der Waals surface area contributed by atoms with Crippen molar-refractivity contribution in [1.82, 2.24) is 4.57 Å².